The monoisotopic (exact) mass is 275 g/mol. The van der Waals surface area contributed by atoms with Crippen LogP contribution in [-0.4, -0.2) is 15.5 Å². The Morgan fingerprint density at radius 1 is 1.26 bits per heavy atom. The van der Waals surface area contributed by atoms with E-state index in [4.69, 9.17) is 5.73 Å². The third-order valence-corrected chi connectivity index (χ3v) is 4.03. The van der Waals surface area contributed by atoms with Gasteiger partial charge in [-0.1, -0.05) is 37.3 Å². The first-order valence-corrected chi connectivity index (χ1v) is 7.78. The van der Waals surface area contributed by atoms with E-state index in [0.29, 0.717) is 0 Å². The Morgan fingerprint density at radius 3 is 2.79 bits per heavy atom. The maximum Gasteiger partial charge on any atom is 0.122 e. The van der Waals surface area contributed by atoms with E-state index in [-0.39, 0.29) is 0 Å². The van der Waals surface area contributed by atoms with Crippen LogP contribution in [0.2, 0.25) is 0 Å². The number of thioether (sulfide) groups is 1. The van der Waals surface area contributed by atoms with Gasteiger partial charge in [0.15, 0.2) is 0 Å². The summed E-state index contributed by atoms with van der Waals surface area (Å²) in [5.74, 6) is 1.87. The lowest BCUT2D eigenvalue weighted by atomic mass is 10.1. The summed E-state index contributed by atoms with van der Waals surface area (Å²) < 4.78 is 1.92. The summed E-state index contributed by atoms with van der Waals surface area (Å²) in [5, 5.41) is 5.57. The van der Waals surface area contributed by atoms with Crippen molar-refractivity contribution in [2.45, 2.75) is 37.8 Å². The van der Waals surface area contributed by atoms with Gasteiger partial charge in [0.25, 0.3) is 0 Å². The van der Waals surface area contributed by atoms with Gasteiger partial charge in [-0.05, 0) is 30.6 Å². The molecule has 0 saturated heterocycles. The number of anilines is 1. The topological polar surface area (TPSA) is 43.8 Å². The van der Waals surface area contributed by atoms with Crippen molar-refractivity contribution in [2.24, 2.45) is 0 Å². The molecule has 0 fully saturated rings. The first kappa shape index (κ1) is 14.0. The number of nitrogens with two attached hydrogens (primary N) is 1. The van der Waals surface area contributed by atoms with E-state index >= 15 is 0 Å². The van der Waals surface area contributed by atoms with Crippen molar-refractivity contribution in [3.63, 3.8) is 0 Å². The first-order chi connectivity index (χ1) is 9.29. The maximum atomic E-state index is 5.98. The smallest absolute Gasteiger partial charge is 0.122 e. The van der Waals surface area contributed by atoms with Crippen LogP contribution in [0.3, 0.4) is 0 Å². The molecular weight excluding hydrogens is 254 g/mol. The van der Waals surface area contributed by atoms with Gasteiger partial charge in [-0.3, -0.25) is 0 Å². The first-order valence-electron chi connectivity index (χ1n) is 6.79. The largest absolute Gasteiger partial charge is 0.384 e. The number of aromatic nitrogens is 2. The zero-order chi connectivity index (χ0) is 13.5. The fourth-order valence-electron chi connectivity index (χ4n) is 1.94. The number of rotatable bonds is 7. The molecule has 1 heterocycles. The Balaban J connectivity index is 1.84. The minimum Gasteiger partial charge on any atom is -0.384 e. The lowest BCUT2D eigenvalue weighted by Crippen LogP contribution is -2.05. The highest BCUT2D eigenvalue weighted by atomic mass is 32.2. The molecule has 102 valence electrons. The number of hydrogen-bond donors (Lipinski definition) is 1. The Morgan fingerprint density at radius 2 is 2.05 bits per heavy atom. The summed E-state index contributed by atoms with van der Waals surface area (Å²) in [7, 11) is 0. The molecule has 0 unspecified atom stereocenters. The molecule has 2 aromatic rings. The van der Waals surface area contributed by atoms with Gasteiger partial charge < -0.3 is 5.73 Å². The van der Waals surface area contributed by atoms with Crippen LogP contribution in [-0.2, 0) is 13.0 Å². The van der Waals surface area contributed by atoms with Gasteiger partial charge in [-0.25, -0.2) is 4.68 Å². The van der Waals surface area contributed by atoms with Gasteiger partial charge in [0.1, 0.15) is 10.8 Å². The minimum atomic E-state index is 0.770. The van der Waals surface area contributed by atoms with Gasteiger partial charge in [0.2, 0.25) is 0 Å². The molecule has 0 amide bonds. The quantitative estimate of drug-likeness (QED) is 0.785. The summed E-state index contributed by atoms with van der Waals surface area (Å²) in [6.07, 6.45) is 3.29. The molecule has 1 aromatic carbocycles. The van der Waals surface area contributed by atoms with Crippen molar-refractivity contribution in [1.82, 2.24) is 9.78 Å². The van der Waals surface area contributed by atoms with Crippen molar-refractivity contribution >= 4 is 17.6 Å². The van der Waals surface area contributed by atoms with Crippen molar-refractivity contribution in [3.8, 4) is 0 Å². The average molecular weight is 275 g/mol. The van der Waals surface area contributed by atoms with Crippen LogP contribution in [0.4, 0.5) is 5.82 Å². The van der Waals surface area contributed by atoms with Crippen LogP contribution in [0.1, 0.15) is 25.3 Å². The van der Waals surface area contributed by atoms with Crippen molar-refractivity contribution in [2.75, 3.05) is 11.5 Å². The highest BCUT2D eigenvalue weighted by Crippen LogP contribution is 2.20. The van der Waals surface area contributed by atoms with Crippen molar-refractivity contribution in [3.05, 3.63) is 42.0 Å². The fourth-order valence-corrected chi connectivity index (χ4v) is 2.71. The summed E-state index contributed by atoms with van der Waals surface area (Å²) >= 11 is 1.77. The zero-order valence-corrected chi connectivity index (χ0v) is 12.2. The Labute approximate surface area is 119 Å². The second kappa shape index (κ2) is 7.24. The SMILES string of the molecule is CCCSc1cc(N)n(CCCc2ccccc2)n1. The number of hydrogen-bond acceptors (Lipinski definition) is 3. The Hall–Kier alpha value is -1.42. The second-order valence-corrected chi connectivity index (χ2v) is 5.68. The van der Waals surface area contributed by atoms with Crippen LogP contribution in [0.25, 0.3) is 0 Å². The normalized spacial score (nSPS) is 10.8. The molecular formula is C15H21N3S. The van der Waals surface area contributed by atoms with E-state index in [1.54, 1.807) is 11.8 Å². The molecule has 0 spiro atoms. The third-order valence-electron chi connectivity index (χ3n) is 2.92. The van der Waals surface area contributed by atoms with E-state index in [9.17, 15) is 0 Å². The minimum absolute atomic E-state index is 0.770. The molecule has 4 heteroatoms. The van der Waals surface area contributed by atoms with E-state index in [1.165, 1.54) is 5.56 Å². The number of nitrogen functional groups attached to an aromatic ring is 1. The van der Waals surface area contributed by atoms with Gasteiger partial charge in [0, 0.05) is 12.6 Å². The van der Waals surface area contributed by atoms with Gasteiger partial charge in [-0.2, -0.15) is 5.10 Å². The molecule has 2 rings (SSSR count). The lowest BCUT2D eigenvalue weighted by molar-refractivity contribution is 0.574. The highest BCUT2D eigenvalue weighted by molar-refractivity contribution is 7.99. The number of nitrogens with zero attached hydrogens (tertiary/aromatic N) is 2. The molecule has 0 aliphatic rings. The summed E-state index contributed by atoms with van der Waals surface area (Å²) in [4.78, 5) is 0. The molecule has 2 N–H and O–H groups in total. The fraction of sp³-hybridized carbons (Fsp3) is 0.400. The molecule has 0 aliphatic carbocycles. The third kappa shape index (κ3) is 4.31. The molecule has 0 bridgehead atoms. The zero-order valence-electron chi connectivity index (χ0n) is 11.4. The van der Waals surface area contributed by atoms with E-state index in [0.717, 1.165) is 42.4 Å². The Kier molecular flexibility index (Phi) is 5.33. The van der Waals surface area contributed by atoms with Crippen molar-refractivity contribution in [1.29, 1.82) is 0 Å². The molecule has 0 saturated carbocycles. The molecule has 0 radical (unpaired) electrons. The van der Waals surface area contributed by atoms with Crippen LogP contribution < -0.4 is 5.73 Å². The predicted octanol–water partition coefficient (Wildman–Crippen LogP) is 3.60. The predicted molar refractivity (Wildman–Crippen MR) is 82.4 cm³/mol. The van der Waals surface area contributed by atoms with E-state index < -0.39 is 0 Å². The number of benzene rings is 1. The summed E-state index contributed by atoms with van der Waals surface area (Å²) in [5.41, 5.74) is 7.35. The van der Waals surface area contributed by atoms with Gasteiger partial charge in [0.05, 0.1) is 0 Å². The van der Waals surface area contributed by atoms with Gasteiger partial charge in [-0.15, -0.1) is 11.8 Å². The summed E-state index contributed by atoms with van der Waals surface area (Å²) in [6, 6.07) is 12.5. The molecule has 0 aliphatic heterocycles. The maximum absolute atomic E-state index is 5.98. The molecule has 1 aromatic heterocycles. The van der Waals surface area contributed by atoms with E-state index in [2.05, 4.69) is 36.3 Å². The summed E-state index contributed by atoms with van der Waals surface area (Å²) in [6.45, 7) is 3.06. The van der Waals surface area contributed by atoms with Crippen LogP contribution in [0.5, 0.6) is 0 Å². The second-order valence-electron chi connectivity index (χ2n) is 4.57. The van der Waals surface area contributed by atoms with Crippen LogP contribution >= 0.6 is 11.8 Å². The highest BCUT2D eigenvalue weighted by Gasteiger charge is 2.05. The Bertz CT molecular complexity index is 493. The van der Waals surface area contributed by atoms with Crippen molar-refractivity contribution < 1.29 is 0 Å². The standard InChI is InChI=1S/C15H21N3S/c1-2-11-19-15-12-14(16)18(17-15)10-6-9-13-7-4-3-5-8-13/h3-5,7-8,12H,2,6,9-11,16H2,1H3. The van der Waals surface area contributed by atoms with Crippen LogP contribution in [0, 0.1) is 0 Å². The lowest BCUT2D eigenvalue weighted by Gasteiger charge is -2.04. The van der Waals surface area contributed by atoms with E-state index in [1.807, 2.05) is 16.8 Å². The number of aryl methyl sites for hydroxylation is 2. The van der Waals surface area contributed by atoms with Crippen LogP contribution in [0.15, 0.2) is 41.4 Å². The average Bonchev–Trinajstić information content (AvgIpc) is 2.78. The molecule has 0 atom stereocenters. The van der Waals surface area contributed by atoms with Gasteiger partial charge >= 0.3 is 0 Å². The molecule has 3 nitrogen and oxygen atoms in total. The molecule has 19 heavy (non-hydrogen) atoms.